The van der Waals surface area contributed by atoms with Gasteiger partial charge in [0.05, 0.1) is 35.6 Å². The van der Waals surface area contributed by atoms with E-state index in [9.17, 15) is 14.9 Å². The normalized spacial score (nSPS) is 11.7. The second kappa shape index (κ2) is 9.88. The van der Waals surface area contributed by atoms with E-state index in [4.69, 9.17) is 13.9 Å². The maximum atomic E-state index is 12.7. The van der Waals surface area contributed by atoms with Gasteiger partial charge >= 0.3 is 0 Å². The van der Waals surface area contributed by atoms with E-state index in [0.717, 1.165) is 5.76 Å². The van der Waals surface area contributed by atoms with Crippen LogP contribution in [0.5, 0.6) is 11.5 Å². The quantitative estimate of drug-likeness (QED) is 0.381. The Labute approximate surface area is 176 Å². The SMILES string of the molecule is COc1cc(C(=O)NC(C)CCc2ccco2)c([N+](=O)[O-])cc1OCc1cscn1. The first kappa shape index (κ1) is 21.3. The van der Waals surface area contributed by atoms with E-state index in [1.807, 2.05) is 18.4 Å². The third-order valence-corrected chi connectivity index (χ3v) is 5.00. The molecule has 1 atom stereocenters. The number of carbonyl (C=O) groups excluding carboxylic acids is 1. The fraction of sp³-hybridized carbons (Fsp3) is 0.300. The predicted octanol–water partition coefficient (Wildman–Crippen LogP) is 3.98. The van der Waals surface area contributed by atoms with Gasteiger partial charge in [-0.25, -0.2) is 4.98 Å². The minimum atomic E-state index is -0.614. The number of nitrogens with one attached hydrogen (secondary N) is 1. The number of methoxy groups -OCH3 is 1. The van der Waals surface area contributed by atoms with Gasteiger partial charge in [-0.05, 0) is 25.5 Å². The summed E-state index contributed by atoms with van der Waals surface area (Å²) >= 11 is 1.42. The number of aryl methyl sites for hydroxylation is 1. The Morgan fingerprint density at radius 1 is 1.40 bits per heavy atom. The van der Waals surface area contributed by atoms with Gasteiger partial charge in [0.15, 0.2) is 11.5 Å². The number of ether oxygens (including phenoxy) is 2. The molecule has 0 fully saturated rings. The molecule has 2 aromatic heterocycles. The van der Waals surface area contributed by atoms with Gasteiger partial charge in [-0.1, -0.05) is 0 Å². The molecule has 0 spiro atoms. The highest BCUT2D eigenvalue weighted by Gasteiger charge is 2.25. The molecule has 1 amide bonds. The van der Waals surface area contributed by atoms with E-state index in [0.29, 0.717) is 18.5 Å². The average molecular weight is 431 g/mol. The maximum absolute atomic E-state index is 12.7. The van der Waals surface area contributed by atoms with Gasteiger partial charge in [0, 0.05) is 23.9 Å². The van der Waals surface area contributed by atoms with E-state index in [1.165, 1.54) is 30.6 Å². The van der Waals surface area contributed by atoms with Crippen LogP contribution in [-0.4, -0.2) is 29.0 Å². The lowest BCUT2D eigenvalue weighted by molar-refractivity contribution is -0.385. The highest BCUT2D eigenvalue weighted by molar-refractivity contribution is 7.07. The zero-order valence-electron chi connectivity index (χ0n) is 16.5. The Hall–Kier alpha value is -3.40. The predicted molar refractivity (Wildman–Crippen MR) is 110 cm³/mol. The van der Waals surface area contributed by atoms with Crippen LogP contribution in [0.4, 0.5) is 5.69 Å². The Balaban J connectivity index is 1.74. The Morgan fingerprint density at radius 3 is 2.87 bits per heavy atom. The summed E-state index contributed by atoms with van der Waals surface area (Å²) in [7, 11) is 1.41. The van der Waals surface area contributed by atoms with Crippen molar-refractivity contribution < 1.29 is 23.6 Å². The minimum absolute atomic E-state index is 0.0947. The van der Waals surface area contributed by atoms with Crippen LogP contribution in [0.25, 0.3) is 0 Å². The molecule has 0 aliphatic carbocycles. The number of hydrogen-bond donors (Lipinski definition) is 1. The first-order valence-corrected chi connectivity index (χ1v) is 10.1. The van der Waals surface area contributed by atoms with E-state index in [-0.39, 0.29) is 35.4 Å². The molecule has 2 heterocycles. The number of benzene rings is 1. The minimum Gasteiger partial charge on any atom is -0.493 e. The average Bonchev–Trinajstić information content (AvgIpc) is 3.43. The molecule has 1 unspecified atom stereocenters. The highest BCUT2D eigenvalue weighted by Crippen LogP contribution is 2.35. The smallest absolute Gasteiger partial charge is 0.286 e. The number of nitrogens with zero attached hydrogens (tertiary/aromatic N) is 2. The monoisotopic (exact) mass is 431 g/mol. The number of carbonyl (C=O) groups is 1. The summed E-state index contributed by atoms with van der Waals surface area (Å²) in [5.41, 5.74) is 1.90. The summed E-state index contributed by atoms with van der Waals surface area (Å²) in [6, 6.07) is 5.96. The van der Waals surface area contributed by atoms with Crippen LogP contribution in [0.1, 0.15) is 35.2 Å². The van der Waals surface area contributed by atoms with Gasteiger partial charge < -0.3 is 19.2 Å². The van der Waals surface area contributed by atoms with Crippen LogP contribution >= 0.6 is 11.3 Å². The maximum Gasteiger partial charge on any atom is 0.286 e. The molecule has 0 aliphatic rings. The Kier molecular flexibility index (Phi) is 7.02. The van der Waals surface area contributed by atoms with Crippen molar-refractivity contribution in [1.82, 2.24) is 10.3 Å². The number of nitro groups is 1. The molecule has 10 heteroatoms. The second-order valence-electron chi connectivity index (χ2n) is 6.54. The third kappa shape index (κ3) is 5.35. The second-order valence-corrected chi connectivity index (χ2v) is 7.26. The molecule has 1 aromatic carbocycles. The van der Waals surface area contributed by atoms with Crippen molar-refractivity contribution >= 4 is 22.9 Å². The van der Waals surface area contributed by atoms with E-state index >= 15 is 0 Å². The molecule has 0 bridgehead atoms. The van der Waals surface area contributed by atoms with Crippen LogP contribution in [0.15, 0.2) is 45.8 Å². The van der Waals surface area contributed by atoms with E-state index in [1.54, 1.807) is 17.8 Å². The third-order valence-electron chi connectivity index (χ3n) is 4.36. The van der Waals surface area contributed by atoms with Crippen LogP contribution in [0.3, 0.4) is 0 Å². The fourth-order valence-corrected chi connectivity index (χ4v) is 3.35. The number of amides is 1. The van der Waals surface area contributed by atoms with Crippen molar-refractivity contribution in [2.45, 2.75) is 32.4 Å². The summed E-state index contributed by atoms with van der Waals surface area (Å²) in [6.07, 6.45) is 2.86. The molecule has 0 saturated carbocycles. The zero-order chi connectivity index (χ0) is 21.5. The number of furan rings is 1. The van der Waals surface area contributed by atoms with Gasteiger partial charge in [0.2, 0.25) is 0 Å². The first-order valence-electron chi connectivity index (χ1n) is 9.17. The molecule has 0 radical (unpaired) electrons. The van der Waals surface area contributed by atoms with Gasteiger partial charge in [0.1, 0.15) is 17.9 Å². The van der Waals surface area contributed by atoms with Crippen molar-refractivity contribution in [3.63, 3.8) is 0 Å². The molecule has 158 valence electrons. The molecule has 0 saturated heterocycles. The van der Waals surface area contributed by atoms with Gasteiger partial charge in [-0.2, -0.15) is 0 Å². The molecule has 0 aliphatic heterocycles. The lowest BCUT2D eigenvalue weighted by Gasteiger charge is -2.15. The van der Waals surface area contributed by atoms with Crippen LogP contribution in [-0.2, 0) is 13.0 Å². The first-order chi connectivity index (χ1) is 14.5. The zero-order valence-corrected chi connectivity index (χ0v) is 17.3. The van der Waals surface area contributed by atoms with E-state index in [2.05, 4.69) is 10.3 Å². The summed E-state index contributed by atoms with van der Waals surface area (Å²) in [6.45, 7) is 1.96. The van der Waals surface area contributed by atoms with E-state index < -0.39 is 10.8 Å². The molecular formula is C20H21N3O6S. The van der Waals surface area contributed by atoms with Crippen LogP contribution < -0.4 is 14.8 Å². The summed E-state index contributed by atoms with van der Waals surface area (Å²) in [4.78, 5) is 27.8. The highest BCUT2D eigenvalue weighted by atomic mass is 32.1. The van der Waals surface area contributed by atoms with Crippen LogP contribution in [0, 0.1) is 10.1 Å². The van der Waals surface area contributed by atoms with Crippen molar-refractivity contribution in [1.29, 1.82) is 0 Å². The van der Waals surface area contributed by atoms with Crippen LogP contribution in [0.2, 0.25) is 0 Å². The van der Waals surface area contributed by atoms with Gasteiger partial charge in [-0.3, -0.25) is 14.9 Å². The number of thiazole rings is 1. The molecular weight excluding hydrogens is 410 g/mol. The van der Waals surface area contributed by atoms with Crippen molar-refractivity contribution in [3.8, 4) is 11.5 Å². The standard InChI is InChI=1S/C20H21N3O6S/c1-13(5-6-15-4-3-7-28-15)22-20(24)16-8-18(27-2)19(9-17(16)23(25)26)29-10-14-11-30-12-21-14/h3-4,7-9,11-13H,5-6,10H2,1-2H3,(H,22,24). The molecule has 3 aromatic rings. The Bertz CT molecular complexity index is 988. The molecule has 30 heavy (non-hydrogen) atoms. The molecule has 3 rings (SSSR count). The summed E-state index contributed by atoms with van der Waals surface area (Å²) in [5.74, 6) is 0.646. The van der Waals surface area contributed by atoms with Crippen molar-refractivity contribution in [3.05, 3.63) is 68.6 Å². The summed E-state index contributed by atoms with van der Waals surface area (Å²) in [5, 5.41) is 16.2. The Morgan fingerprint density at radius 2 is 2.23 bits per heavy atom. The number of nitro benzene ring substituents is 1. The topological polar surface area (TPSA) is 117 Å². The van der Waals surface area contributed by atoms with Crippen molar-refractivity contribution in [2.24, 2.45) is 0 Å². The molecule has 1 N–H and O–H groups in total. The summed E-state index contributed by atoms with van der Waals surface area (Å²) < 4.78 is 16.2. The number of aromatic nitrogens is 1. The van der Waals surface area contributed by atoms with Gasteiger partial charge in [-0.15, -0.1) is 11.3 Å². The fourth-order valence-electron chi connectivity index (χ4n) is 2.80. The lowest BCUT2D eigenvalue weighted by atomic mass is 10.1. The number of rotatable bonds is 10. The number of hydrogen-bond acceptors (Lipinski definition) is 8. The lowest BCUT2D eigenvalue weighted by Crippen LogP contribution is -2.33. The largest absolute Gasteiger partial charge is 0.493 e. The van der Waals surface area contributed by atoms with Crippen molar-refractivity contribution in [2.75, 3.05) is 7.11 Å². The molecule has 9 nitrogen and oxygen atoms in total. The van der Waals surface area contributed by atoms with Gasteiger partial charge in [0.25, 0.3) is 11.6 Å².